The highest BCUT2D eigenvalue weighted by Gasteiger charge is 2.25. The normalized spacial score (nSPS) is 11.7. The van der Waals surface area contributed by atoms with Gasteiger partial charge in [-0.05, 0) is 20.8 Å². The van der Waals surface area contributed by atoms with Crippen LogP contribution in [0.2, 0.25) is 10.0 Å². The number of ether oxygens (including phenoxy) is 4. The standard InChI is InChI=1S/C22H25Cl2N3O6/c1-6-32-14-10-15(19(24)16(11-14)33-7-2)25-22(29)20(12(3)28)26-27-21-17(30-4)8-13(23)9-18(21)31-5/h8-11,20H,6-7H2,1-5H3,(H,25,29). The number of amides is 1. The second-order valence-corrected chi connectivity index (χ2v) is 7.34. The fraction of sp³-hybridized carbons (Fsp3) is 0.364. The van der Waals surface area contributed by atoms with E-state index in [1.807, 2.05) is 6.92 Å². The molecule has 0 aromatic heterocycles. The molecule has 0 bridgehead atoms. The summed E-state index contributed by atoms with van der Waals surface area (Å²) in [6.45, 7) is 5.60. The number of benzene rings is 2. The molecule has 0 heterocycles. The summed E-state index contributed by atoms with van der Waals surface area (Å²) in [6.07, 6.45) is 0. The molecule has 0 aliphatic rings. The van der Waals surface area contributed by atoms with Crippen LogP contribution >= 0.6 is 23.2 Å². The molecular weight excluding hydrogens is 473 g/mol. The first-order valence-electron chi connectivity index (χ1n) is 9.98. The number of carbonyl (C=O) groups is 2. The molecule has 0 saturated carbocycles. The second kappa shape index (κ2) is 12.3. The molecule has 2 aromatic rings. The van der Waals surface area contributed by atoms with E-state index in [4.69, 9.17) is 42.1 Å². The van der Waals surface area contributed by atoms with Crippen molar-refractivity contribution in [2.24, 2.45) is 10.2 Å². The van der Waals surface area contributed by atoms with Crippen LogP contribution in [-0.2, 0) is 9.59 Å². The summed E-state index contributed by atoms with van der Waals surface area (Å²) in [5.74, 6) is 0.0232. The minimum atomic E-state index is -1.46. The molecule has 2 rings (SSSR count). The number of nitrogens with one attached hydrogen (secondary N) is 1. The Morgan fingerprint density at radius 2 is 1.58 bits per heavy atom. The first-order valence-corrected chi connectivity index (χ1v) is 10.7. The van der Waals surface area contributed by atoms with Crippen LogP contribution in [0.5, 0.6) is 23.0 Å². The molecule has 9 nitrogen and oxygen atoms in total. The lowest BCUT2D eigenvalue weighted by Gasteiger charge is -2.16. The Balaban J connectivity index is 2.39. The Labute approximate surface area is 202 Å². The molecule has 11 heteroatoms. The number of azo groups is 1. The van der Waals surface area contributed by atoms with Crippen LogP contribution in [0, 0.1) is 0 Å². The van der Waals surface area contributed by atoms with E-state index in [2.05, 4.69) is 15.5 Å². The average molecular weight is 498 g/mol. The quantitative estimate of drug-likeness (QED) is 0.324. The molecule has 1 atom stereocenters. The van der Waals surface area contributed by atoms with Gasteiger partial charge in [-0.1, -0.05) is 23.2 Å². The van der Waals surface area contributed by atoms with E-state index in [-0.39, 0.29) is 27.9 Å². The van der Waals surface area contributed by atoms with Gasteiger partial charge in [0.1, 0.15) is 16.5 Å². The Bertz CT molecular complexity index is 1020. The summed E-state index contributed by atoms with van der Waals surface area (Å²) >= 11 is 12.4. The van der Waals surface area contributed by atoms with E-state index >= 15 is 0 Å². The largest absolute Gasteiger partial charge is 0.494 e. The first-order chi connectivity index (χ1) is 15.7. The topological polar surface area (TPSA) is 108 Å². The lowest BCUT2D eigenvalue weighted by atomic mass is 10.2. The van der Waals surface area contributed by atoms with Gasteiger partial charge >= 0.3 is 0 Å². The molecule has 178 valence electrons. The van der Waals surface area contributed by atoms with Crippen LogP contribution in [0.3, 0.4) is 0 Å². The number of anilines is 1. The van der Waals surface area contributed by atoms with Crippen LogP contribution in [-0.4, -0.2) is 45.2 Å². The third kappa shape index (κ3) is 6.72. The zero-order chi connectivity index (χ0) is 24.5. The number of methoxy groups -OCH3 is 2. The smallest absolute Gasteiger partial charge is 0.258 e. The van der Waals surface area contributed by atoms with Gasteiger partial charge in [-0.15, -0.1) is 5.11 Å². The van der Waals surface area contributed by atoms with Crippen LogP contribution in [0.4, 0.5) is 11.4 Å². The molecule has 2 aromatic carbocycles. The summed E-state index contributed by atoms with van der Waals surface area (Å²) in [4.78, 5) is 25.1. The Morgan fingerprint density at radius 3 is 2.09 bits per heavy atom. The SMILES string of the molecule is CCOc1cc(NC(=O)C(N=Nc2c(OC)cc(Cl)cc2OC)C(C)=O)c(Cl)c(OCC)c1. The summed E-state index contributed by atoms with van der Waals surface area (Å²) in [5, 5.41) is 11.1. The number of rotatable bonds is 11. The number of Topliss-reactive ketones (excluding diaryl/α,β-unsaturated/α-hetero) is 1. The van der Waals surface area contributed by atoms with Crippen LogP contribution in [0.25, 0.3) is 0 Å². The van der Waals surface area contributed by atoms with Gasteiger partial charge in [-0.25, -0.2) is 0 Å². The molecule has 0 aliphatic carbocycles. The molecule has 0 spiro atoms. The zero-order valence-electron chi connectivity index (χ0n) is 18.9. The van der Waals surface area contributed by atoms with E-state index < -0.39 is 17.7 Å². The fourth-order valence-corrected chi connectivity index (χ4v) is 3.18. The predicted octanol–water partition coefficient (Wildman–Crippen LogP) is 5.49. The summed E-state index contributed by atoms with van der Waals surface area (Å²) < 4.78 is 21.5. The number of carbonyl (C=O) groups excluding carboxylic acids is 2. The fourth-order valence-electron chi connectivity index (χ4n) is 2.77. The third-order valence-corrected chi connectivity index (χ3v) is 4.84. The number of ketones is 1. The number of nitrogens with zero attached hydrogens (tertiary/aromatic N) is 2. The van der Waals surface area contributed by atoms with E-state index in [9.17, 15) is 9.59 Å². The summed E-state index contributed by atoms with van der Waals surface area (Å²) in [5.41, 5.74) is 0.387. The zero-order valence-corrected chi connectivity index (χ0v) is 20.4. The van der Waals surface area contributed by atoms with E-state index in [0.717, 1.165) is 0 Å². The lowest BCUT2D eigenvalue weighted by Crippen LogP contribution is -2.32. The highest BCUT2D eigenvalue weighted by atomic mass is 35.5. The molecule has 1 amide bonds. The van der Waals surface area contributed by atoms with Gasteiger partial charge in [0.05, 0.1) is 33.1 Å². The van der Waals surface area contributed by atoms with Gasteiger partial charge in [-0.3, -0.25) is 9.59 Å². The minimum absolute atomic E-state index is 0.161. The molecule has 1 N–H and O–H groups in total. The van der Waals surface area contributed by atoms with Crippen LogP contribution in [0.1, 0.15) is 20.8 Å². The third-order valence-electron chi connectivity index (χ3n) is 4.23. The molecule has 0 radical (unpaired) electrons. The summed E-state index contributed by atoms with van der Waals surface area (Å²) in [6, 6.07) is 4.71. The maximum Gasteiger partial charge on any atom is 0.258 e. The number of hydrogen-bond donors (Lipinski definition) is 1. The Hall–Kier alpha value is -3.04. The van der Waals surface area contributed by atoms with E-state index in [0.29, 0.717) is 29.7 Å². The maximum absolute atomic E-state index is 12.9. The number of hydrogen-bond acceptors (Lipinski definition) is 8. The van der Waals surface area contributed by atoms with Gasteiger partial charge in [0.15, 0.2) is 23.0 Å². The van der Waals surface area contributed by atoms with Gasteiger partial charge in [0, 0.05) is 29.3 Å². The molecule has 0 aliphatic heterocycles. The molecule has 0 saturated heterocycles. The number of halogens is 2. The van der Waals surface area contributed by atoms with Gasteiger partial charge < -0.3 is 24.3 Å². The monoisotopic (exact) mass is 497 g/mol. The van der Waals surface area contributed by atoms with Gasteiger partial charge in [0.2, 0.25) is 6.04 Å². The molecular formula is C22H25Cl2N3O6. The Kier molecular flexibility index (Phi) is 9.74. The van der Waals surface area contributed by atoms with E-state index in [1.165, 1.54) is 39.3 Å². The van der Waals surface area contributed by atoms with Crippen molar-refractivity contribution >= 4 is 46.3 Å². The van der Waals surface area contributed by atoms with Crippen molar-refractivity contribution < 1.29 is 28.5 Å². The molecule has 0 fully saturated rings. The van der Waals surface area contributed by atoms with Crippen molar-refractivity contribution in [3.8, 4) is 23.0 Å². The van der Waals surface area contributed by atoms with Crippen molar-refractivity contribution in [3.63, 3.8) is 0 Å². The van der Waals surface area contributed by atoms with E-state index in [1.54, 1.807) is 13.0 Å². The van der Waals surface area contributed by atoms with Crippen LogP contribution in [0.15, 0.2) is 34.5 Å². The van der Waals surface area contributed by atoms with Crippen molar-refractivity contribution in [2.45, 2.75) is 26.8 Å². The van der Waals surface area contributed by atoms with Crippen LogP contribution < -0.4 is 24.3 Å². The maximum atomic E-state index is 12.9. The van der Waals surface area contributed by atoms with Crippen molar-refractivity contribution in [3.05, 3.63) is 34.3 Å². The highest BCUT2D eigenvalue weighted by molar-refractivity contribution is 6.35. The van der Waals surface area contributed by atoms with Gasteiger partial charge in [0.25, 0.3) is 5.91 Å². The van der Waals surface area contributed by atoms with Crippen molar-refractivity contribution in [1.29, 1.82) is 0 Å². The Morgan fingerprint density at radius 1 is 0.970 bits per heavy atom. The summed E-state index contributed by atoms with van der Waals surface area (Å²) in [7, 11) is 2.84. The van der Waals surface area contributed by atoms with Crippen molar-refractivity contribution in [2.75, 3.05) is 32.8 Å². The minimum Gasteiger partial charge on any atom is -0.494 e. The lowest BCUT2D eigenvalue weighted by molar-refractivity contribution is -0.126. The van der Waals surface area contributed by atoms with Crippen molar-refractivity contribution in [1.82, 2.24) is 0 Å². The highest BCUT2D eigenvalue weighted by Crippen LogP contribution is 2.41. The first kappa shape index (κ1) is 26.2. The second-order valence-electron chi connectivity index (χ2n) is 6.53. The molecule has 1 unspecified atom stereocenters. The molecule has 33 heavy (non-hydrogen) atoms. The van der Waals surface area contributed by atoms with Gasteiger partial charge in [-0.2, -0.15) is 5.11 Å². The predicted molar refractivity (Wildman–Crippen MR) is 126 cm³/mol. The average Bonchev–Trinajstić information content (AvgIpc) is 2.77.